The molecule has 1 saturated heterocycles. The van der Waals surface area contributed by atoms with E-state index in [1.54, 1.807) is 6.92 Å². The van der Waals surface area contributed by atoms with Crippen LogP contribution in [0.3, 0.4) is 0 Å². The Morgan fingerprint density at radius 1 is 1.38 bits per heavy atom. The fourth-order valence-electron chi connectivity index (χ4n) is 1.64. The van der Waals surface area contributed by atoms with E-state index in [1.165, 1.54) is 4.31 Å². The van der Waals surface area contributed by atoms with Gasteiger partial charge in [0.05, 0.1) is 6.54 Å². The highest BCUT2D eigenvalue weighted by atomic mass is 32.2. The van der Waals surface area contributed by atoms with E-state index in [4.69, 9.17) is 11.1 Å². The van der Waals surface area contributed by atoms with Gasteiger partial charge in [-0.3, -0.25) is 10.3 Å². The van der Waals surface area contributed by atoms with Crippen molar-refractivity contribution in [2.45, 2.75) is 6.92 Å². The van der Waals surface area contributed by atoms with Gasteiger partial charge in [0.25, 0.3) is 10.2 Å². The van der Waals surface area contributed by atoms with Crippen molar-refractivity contribution in [3.05, 3.63) is 0 Å². The Balaban J connectivity index is 2.46. The van der Waals surface area contributed by atoms with Gasteiger partial charge in [-0.25, -0.2) is 4.72 Å². The lowest BCUT2D eigenvalue weighted by Crippen LogP contribution is -2.53. The molecule has 4 N–H and O–H groups in total. The Kier molecular flexibility index (Phi) is 4.66. The number of amidine groups is 1. The number of rotatable bonds is 5. The van der Waals surface area contributed by atoms with Crippen LogP contribution in [0.15, 0.2) is 0 Å². The van der Waals surface area contributed by atoms with E-state index < -0.39 is 10.2 Å². The molecule has 0 aliphatic carbocycles. The van der Waals surface area contributed by atoms with Crippen molar-refractivity contribution in [2.75, 3.05) is 39.3 Å². The topological polar surface area (TPSA) is 103 Å². The predicted molar refractivity (Wildman–Crippen MR) is 62.5 cm³/mol. The maximum absolute atomic E-state index is 11.6. The molecular formula is C8H19N5O2S. The third kappa shape index (κ3) is 3.71. The van der Waals surface area contributed by atoms with Crippen LogP contribution in [-0.4, -0.2) is 62.7 Å². The van der Waals surface area contributed by atoms with Crippen LogP contribution in [0.1, 0.15) is 6.92 Å². The van der Waals surface area contributed by atoms with E-state index in [1.807, 2.05) is 4.90 Å². The number of nitrogens with two attached hydrogens (primary N) is 1. The monoisotopic (exact) mass is 249 g/mol. The van der Waals surface area contributed by atoms with Crippen LogP contribution in [0.4, 0.5) is 0 Å². The van der Waals surface area contributed by atoms with Gasteiger partial charge in [-0.15, -0.1) is 0 Å². The minimum atomic E-state index is -3.31. The fraction of sp³-hybridized carbons (Fsp3) is 0.875. The van der Waals surface area contributed by atoms with E-state index in [0.717, 1.165) is 0 Å². The smallest absolute Gasteiger partial charge is 0.279 e. The zero-order chi connectivity index (χ0) is 12.2. The Bertz CT molecular complexity index is 334. The number of piperazine rings is 1. The molecule has 8 heteroatoms. The third-order valence-electron chi connectivity index (χ3n) is 2.39. The summed E-state index contributed by atoms with van der Waals surface area (Å²) in [4.78, 5) is 1.97. The average Bonchev–Trinajstić information content (AvgIpc) is 2.17. The molecule has 0 aromatic rings. The minimum Gasteiger partial charge on any atom is -0.387 e. The van der Waals surface area contributed by atoms with E-state index in [2.05, 4.69) is 4.72 Å². The first kappa shape index (κ1) is 13.4. The highest BCUT2D eigenvalue weighted by Gasteiger charge is 2.25. The van der Waals surface area contributed by atoms with E-state index in [0.29, 0.717) is 39.3 Å². The summed E-state index contributed by atoms with van der Waals surface area (Å²) >= 11 is 0. The predicted octanol–water partition coefficient (Wildman–Crippen LogP) is -1.61. The molecule has 1 aliphatic rings. The molecule has 0 bridgehead atoms. The lowest BCUT2D eigenvalue weighted by Gasteiger charge is -2.33. The molecule has 0 aromatic carbocycles. The first-order chi connectivity index (χ1) is 7.45. The Morgan fingerprint density at radius 2 is 1.94 bits per heavy atom. The van der Waals surface area contributed by atoms with Crippen LogP contribution in [0.25, 0.3) is 0 Å². The summed E-state index contributed by atoms with van der Waals surface area (Å²) in [7, 11) is -3.31. The van der Waals surface area contributed by atoms with Crippen molar-refractivity contribution in [2.24, 2.45) is 5.73 Å². The average molecular weight is 249 g/mol. The highest BCUT2D eigenvalue weighted by molar-refractivity contribution is 7.87. The number of nitrogens with one attached hydrogen (secondary N) is 2. The van der Waals surface area contributed by atoms with Crippen molar-refractivity contribution in [1.29, 1.82) is 5.41 Å². The van der Waals surface area contributed by atoms with Crippen molar-refractivity contribution < 1.29 is 8.42 Å². The second-order valence-electron chi connectivity index (χ2n) is 3.70. The van der Waals surface area contributed by atoms with Gasteiger partial charge in [0.2, 0.25) is 0 Å². The normalized spacial score (nSPS) is 19.8. The molecule has 0 saturated carbocycles. The summed E-state index contributed by atoms with van der Waals surface area (Å²) in [5.74, 6) is 0.114. The Hall–Kier alpha value is -0.700. The highest BCUT2D eigenvalue weighted by Crippen LogP contribution is 2.05. The van der Waals surface area contributed by atoms with Crippen LogP contribution >= 0.6 is 0 Å². The lowest BCUT2D eigenvalue weighted by molar-refractivity contribution is 0.207. The van der Waals surface area contributed by atoms with Crippen molar-refractivity contribution in [3.8, 4) is 0 Å². The molecule has 1 fully saturated rings. The third-order valence-corrected chi connectivity index (χ3v) is 4.09. The lowest BCUT2D eigenvalue weighted by atomic mass is 10.3. The van der Waals surface area contributed by atoms with Gasteiger partial charge in [0.1, 0.15) is 5.84 Å². The van der Waals surface area contributed by atoms with Crippen molar-refractivity contribution in [3.63, 3.8) is 0 Å². The Labute approximate surface area is 96.3 Å². The summed E-state index contributed by atoms with van der Waals surface area (Å²) < 4.78 is 27.2. The molecule has 1 rings (SSSR count). The quantitative estimate of drug-likeness (QED) is 0.403. The summed E-state index contributed by atoms with van der Waals surface area (Å²) in [5, 5.41) is 7.16. The second-order valence-corrected chi connectivity index (χ2v) is 5.46. The summed E-state index contributed by atoms with van der Waals surface area (Å²) in [5.41, 5.74) is 5.29. The molecule has 94 valence electrons. The molecule has 0 amide bonds. The van der Waals surface area contributed by atoms with Crippen molar-refractivity contribution >= 4 is 16.0 Å². The van der Waals surface area contributed by atoms with Gasteiger partial charge < -0.3 is 5.73 Å². The van der Waals surface area contributed by atoms with Gasteiger partial charge in [0.15, 0.2) is 0 Å². The SMILES string of the molecule is CCNS(=O)(=O)N1CCN(CC(=N)N)CC1. The van der Waals surface area contributed by atoms with Gasteiger partial charge in [0, 0.05) is 32.7 Å². The molecule has 0 atom stereocenters. The van der Waals surface area contributed by atoms with Gasteiger partial charge in [-0.05, 0) is 0 Å². The summed E-state index contributed by atoms with van der Waals surface area (Å²) in [6.45, 7) is 4.69. The standard InChI is InChI=1S/C8H19N5O2S/c1-2-11-16(14,15)13-5-3-12(4-6-13)7-8(9)10/h11H,2-7H2,1H3,(H3,9,10). The zero-order valence-corrected chi connectivity index (χ0v) is 10.3. The van der Waals surface area contributed by atoms with Gasteiger partial charge in [-0.1, -0.05) is 6.92 Å². The van der Waals surface area contributed by atoms with Gasteiger partial charge in [-0.2, -0.15) is 12.7 Å². The van der Waals surface area contributed by atoms with Gasteiger partial charge >= 0.3 is 0 Å². The molecule has 0 aromatic heterocycles. The van der Waals surface area contributed by atoms with Crippen LogP contribution < -0.4 is 10.5 Å². The van der Waals surface area contributed by atoms with Crippen LogP contribution in [0.5, 0.6) is 0 Å². The maximum atomic E-state index is 11.6. The first-order valence-corrected chi connectivity index (χ1v) is 6.69. The number of hydrogen-bond acceptors (Lipinski definition) is 4. The summed E-state index contributed by atoms with van der Waals surface area (Å²) in [6.07, 6.45) is 0. The maximum Gasteiger partial charge on any atom is 0.279 e. The van der Waals surface area contributed by atoms with Crippen LogP contribution in [-0.2, 0) is 10.2 Å². The van der Waals surface area contributed by atoms with Crippen LogP contribution in [0, 0.1) is 5.41 Å². The molecular weight excluding hydrogens is 230 g/mol. The fourth-order valence-corrected chi connectivity index (χ4v) is 2.83. The molecule has 0 radical (unpaired) electrons. The molecule has 16 heavy (non-hydrogen) atoms. The molecule has 7 nitrogen and oxygen atoms in total. The molecule has 1 aliphatic heterocycles. The van der Waals surface area contributed by atoms with Crippen LogP contribution in [0.2, 0.25) is 0 Å². The molecule has 0 unspecified atom stereocenters. The zero-order valence-electron chi connectivity index (χ0n) is 9.44. The number of nitrogens with zero attached hydrogens (tertiary/aromatic N) is 2. The molecule has 0 spiro atoms. The number of hydrogen-bond donors (Lipinski definition) is 3. The van der Waals surface area contributed by atoms with E-state index >= 15 is 0 Å². The first-order valence-electron chi connectivity index (χ1n) is 5.25. The minimum absolute atomic E-state index is 0.114. The summed E-state index contributed by atoms with van der Waals surface area (Å²) in [6, 6.07) is 0. The van der Waals surface area contributed by atoms with Crippen molar-refractivity contribution in [1.82, 2.24) is 13.9 Å². The second kappa shape index (κ2) is 5.58. The molecule has 1 heterocycles. The Morgan fingerprint density at radius 3 is 2.38 bits per heavy atom. The largest absolute Gasteiger partial charge is 0.387 e. The van der Waals surface area contributed by atoms with E-state index in [-0.39, 0.29) is 5.84 Å². The van der Waals surface area contributed by atoms with E-state index in [9.17, 15) is 8.42 Å².